The average molecular weight is 543 g/mol. The molecule has 0 aliphatic rings. The minimum Gasteiger partial charge on any atom is -0.352 e. The van der Waals surface area contributed by atoms with Crippen LogP contribution in [0.1, 0.15) is 44.7 Å². The van der Waals surface area contributed by atoms with E-state index in [2.05, 4.69) is 5.32 Å². The third kappa shape index (κ3) is 8.12. The van der Waals surface area contributed by atoms with Gasteiger partial charge in [-0.1, -0.05) is 66.9 Å². The molecule has 1 N–H and O–H groups in total. The summed E-state index contributed by atoms with van der Waals surface area (Å²) in [6.07, 6.45) is 2.09. The Morgan fingerprint density at radius 2 is 1.74 bits per heavy atom. The van der Waals surface area contributed by atoms with Crippen LogP contribution in [0.25, 0.3) is 0 Å². The average Bonchev–Trinajstić information content (AvgIpc) is 2.78. The van der Waals surface area contributed by atoms with Crippen molar-refractivity contribution in [2.45, 2.75) is 59.2 Å². The zero-order valence-electron chi connectivity index (χ0n) is 20.7. The number of halogens is 2. The van der Waals surface area contributed by atoms with Crippen LogP contribution in [0.5, 0.6) is 0 Å². The van der Waals surface area contributed by atoms with Crippen LogP contribution in [-0.2, 0) is 26.2 Å². The molecule has 7 nitrogen and oxygen atoms in total. The second-order valence-electron chi connectivity index (χ2n) is 8.62. The molecule has 0 radical (unpaired) electrons. The number of amides is 2. The molecule has 2 rings (SSSR count). The number of aryl methyl sites for hydroxylation is 1. The zero-order chi connectivity index (χ0) is 26.3. The lowest BCUT2D eigenvalue weighted by Gasteiger charge is -2.33. The van der Waals surface area contributed by atoms with Gasteiger partial charge in [-0.05, 0) is 50.5 Å². The van der Waals surface area contributed by atoms with E-state index in [1.54, 1.807) is 0 Å². The highest BCUT2D eigenvalue weighted by Crippen LogP contribution is 2.31. The number of anilines is 1. The van der Waals surface area contributed by atoms with Gasteiger partial charge in [0.25, 0.3) is 0 Å². The molecule has 0 spiro atoms. The molecule has 0 bridgehead atoms. The topological polar surface area (TPSA) is 86.8 Å². The molecule has 0 aromatic heterocycles. The van der Waals surface area contributed by atoms with Crippen molar-refractivity contribution in [1.82, 2.24) is 10.2 Å². The summed E-state index contributed by atoms with van der Waals surface area (Å²) in [4.78, 5) is 28.2. The fourth-order valence-electron chi connectivity index (χ4n) is 3.64. The summed E-state index contributed by atoms with van der Waals surface area (Å²) in [6.45, 7) is 7.23. The number of carbonyl (C=O) groups excluding carboxylic acids is 2. The predicted molar refractivity (Wildman–Crippen MR) is 142 cm³/mol. The number of nitrogens with zero attached hydrogens (tertiary/aromatic N) is 2. The molecule has 2 atom stereocenters. The van der Waals surface area contributed by atoms with Gasteiger partial charge in [-0.15, -0.1) is 0 Å². The van der Waals surface area contributed by atoms with Gasteiger partial charge in [0.1, 0.15) is 12.6 Å². The fraction of sp³-hybridized carbons (Fsp3) is 0.440. The first-order valence-corrected chi connectivity index (χ1v) is 14.1. The Bertz CT molecular complexity index is 1160. The molecule has 2 amide bonds. The van der Waals surface area contributed by atoms with E-state index in [9.17, 15) is 18.0 Å². The van der Waals surface area contributed by atoms with Crippen molar-refractivity contribution < 1.29 is 18.0 Å². The molecular weight excluding hydrogens is 509 g/mol. The summed E-state index contributed by atoms with van der Waals surface area (Å²) in [5.41, 5.74) is 1.94. The highest BCUT2D eigenvalue weighted by molar-refractivity contribution is 7.92. The number of rotatable bonds is 11. The van der Waals surface area contributed by atoms with Crippen molar-refractivity contribution in [1.29, 1.82) is 0 Å². The van der Waals surface area contributed by atoms with Gasteiger partial charge in [0.2, 0.25) is 21.8 Å². The van der Waals surface area contributed by atoms with Crippen molar-refractivity contribution in [2.24, 2.45) is 0 Å². The molecule has 0 saturated carbocycles. The molecule has 0 saturated heterocycles. The van der Waals surface area contributed by atoms with E-state index < -0.39 is 28.5 Å². The largest absolute Gasteiger partial charge is 0.352 e. The Morgan fingerprint density at radius 3 is 2.31 bits per heavy atom. The number of carbonyl (C=O) groups is 2. The molecule has 0 aliphatic carbocycles. The quantitative estimate of drug-likeness (QED) is 0.443. The summed E-state index contributed by atoms with van der Waals surface area (Å²) in [5.74, 6) is -0.811. The van der Waals surface area contributed by atoms with Gasteiger partial charge in [-0.2, -0.15) is 0 Å². The first-order valence-electron chi connectivity index (χ1n) is 11.5. The summed E-state index contributed by atoms with van der Waals surface area (Å²) in [7, 11) is -3.90. The molecule has 2 aromatic rings. The minimum atomic E-state index is -3.90. The van der Waals surface area contributed by atoms with Gasteiger partial charge in [-0.3, -0.25) is 13.9 Å². The second-order valence-corrected chi connectivity index (χ2v) is 11.4. The Hall–Kier alpha value is -2.29. The Balaban J connectivity index is 2.49. The van der Waals surface area contributed by atoms with E-state index in [-0.39, 0.29) is 34.2 Å². The maximum atomic E-state index is 13.7. The fourth-order valence-corrected chi connectivity index (χ4v) is 4.93. The van der Waals surface area contributed by atoms with Crippen LogP contribution in [0, 0.1) is 6.92 Å². The van der Waals surface area contributed by atoms with Crippen LogP contribution in [0.3, 0.4) is 0 Å². The van der Waals surface area contributed by atoms with Gasteiger partial charge in [0, 0.05) is 17.6 Å². The Kier molecular flexibility index (Phi) is 10.4. The maximum Gasteiger partial charge on any atom is 0.244 e. The lowest BCUT2D eigenvalue weighted by molar-refractivity contribution is -0.140. The summed E-state index contributed by atoms with van der Waals surface area (Å²) >= 11 is 12.3. The van der Waals surface area contributed by atoms with Crippen molar-refractivity contribution in [3.8, 4) is 0 Å². The van der Waals surface area contributed by atoms with E-state index in [0.29, 0.717) is 6.42 Å². The van der Waals surface area contributed by atoms with E-state index in [0.717, 1.165) is 28.1 Å². The molecule has 10 heteroatoms. The molecular formula is C25H33Cl2N3O4S. The van der Waals surface area contributed by atoms with Crippen molar-refractivity contribution in [3.05, 3.63) is 63.6 Å². The zero-order valence-corrected chi connectivity index (χ0v) is 23.0. The number of nitrogens with one attached hydrogen (secondary N) is 1. The smallest absolute Gasteiger partial charge is 0.244 e. The van der Waals surface area contributed by atoms with E-state index >= 15 is 0 Å². The highest BCUT2D eigenvalue weighted by atomic mass is 35.5. The summed E-state index contributed by atoms with van der Waals surface area (Å²) in [6, 6.07) is 11.2. The molecule has 0 fully saturated rings. The SMILES string of the molecule is CC[C@H](C(=O)N[C@@H](C)CC)N(Cc1cccc(C)c1)C(=O)CN(c1cc(Cl)ccc1Cl)S(C)(=O)=O. The Morgan fingerprint density at radius 1 is 1.06 bits per heavy atom. The lowest BCUT2D eigenvalue weighted by atomic mass is 10.1. The van der Waals surface area contributed by atoms with Crippen LogP contribution in [0.15, 0.2) is 42.5 Å². The normalized spacial score (nSPS) is 13.1. The first-order chi connectivity index (χ1) is 16.4. The third-order valence-electron chi connectivity index (χ3n) is 5.68. The van der Waals surface area contributed by atoms with Crippen molar-refractivity contribution in [2.75, 3.05) is 17.1 Å². The lowest BCUT2D eigenvalue weighted by Crippen LogP contribution is -2.53. The van der Waals surface area contributed by atoms with E-state index in [1.165, 1.54) is 23.1 Å². The minimum absolute atomic E-state index is 0.0646. The van der Waals surface area contributed by atoms with Crippen LogP contribution in [0.2, 0.25) is 10.0 Å². The predicted octanol–water partition coefficient (Wildman–Crippen LogP) is 4.79. The van der Waals surface area contributed by atoms with E-state index in [1.807, 2.05) is 52.0 Å². The molecule has 2 aromatic carbocycles. The maximum absolute atomic E-state index is 13.7. The van der Waals surface area contributed by atoms with Gasteiger partial charge in [0.05, 0.1) is 17.0 Å². The van der Waals surface area contributed by atoms with Gasteiger partial charge in [0.15, 0.2) is 0 Å². The molecule has 192 valence electrons. The second kappa shape index (κ2) is 12.6. The summed E-state index contributed by atoms with van der Waals surface area (Å²) < 4.78 is 26.3. The number of hydrogen-bond donors (Lipinski definition) is 1. The van der Waals surface area contributed by atoms with Crippen molar-refractivity contribution >= 4 is 50.7 Å². The molecule has 0 aliphatic heterocycles. The molecule has 0 unspecified atom stereocenters. The van der Waals surface area contributed by atoms with Crippen LogP contribution in [-0.4, -0.2) is 50.0 Å². The number of sulfonamides is 1. The number of benzene rings is 2. The third-order valence-corrected chi connectivity index (χ3v) is 7.36. The summed E-state index contributed by atoms with van der Waals surface area (Å²) in [5, 5.41) is 3.36. The Labute approximate surface area is 218 Å². The molecule has 35 heavy (non-hydrogen) atoms. The van der Waals surface area contributed by atoms with Crippen LogP contribution >= 0.6 is 23.2 Å². The number of hydrogen-bond acceptors (Lipinski definition) is 4. The van der Waals surface area contributed by atoms with Gasteiger partial charge < -0.3 is 10.2 Å². The van der Waals surface area contributed by atoms with Crippen LogP contribution < -0.4 is 9.62 Å². The van der Waals surface area contributed by atoms with Gasteiger partial charge >= 0.3 is 0 Å². The molecule has 0 heterocycles. The monoisotopic (exact) mass is 541 g/mol. The van der Waals surface area contributed by atoms with Gasteiger partial charge in [-0.25, -0.2) is 8.42 Å². The van der Waals surface area contributed by atoms with Crippen LogP contribution in [0.4, 0.5) is 5.69 Å². The highest BCUT2D eigenvalue weighted by Gasteiger charge is 2.32. The van der Waals surface area contributed by atoms with Crippen molar-refractivity contribution in [3.63, 3.8) is 0 Å². The standard InChI is InChI=1S/C25H33Cl2N3O4S/c1-6-18(4)28-25(32)22(7-2)29(15-19-10-8-9-17(3)13-19)24(31)16-30(35(5,33)34)23-14-20(26)11-12-21(23)27/h8-14,18,22H,6-7,15-16H2,1-5H3,(H,28,32)/t18-,22+/m0/s1. The van der Waals surface area contributed by atoms with E-state index in [4.69, 9.17) is 23.2 Å². The first kappa shape index (κ1) is 28.9.